The second-order valence-electron chi connectivity index (χ2n) is 8.65. The average molecular weight is 494 g/mol. The van der Waals surface area contributed by atoms with Gasteiger partial charge in [0.2, 0.25) is 0 Å². The van der Waals surface area contributed by atoms with Gasteiger partial charge < -0.3 is 11.1 Å². The van der Waals surface area contributed by atoms with Crippen molar-refractivity contribution in [2.24, 2.45) is 10.7 Å². The van der Waals surface area contributed by atoms with Gasteiger partial charge in [0.1, 0.15) is 0 Å². The van der Waals surface area contributed by atoms with E-state index < -0.39 is 0 Å². The fraction of sp³-hybridized carbons (Fsp3) is 0.0286. The lowest BCUT2D eigenvalue weighted by Gasteiger charge is -2.12. The Balaban J connectivity index is 1.76. The minimum absolute atomic E-state index is 0.352. The van der Waals surface area contributed by atoms with E-state index in [-0.39, 0.29) is 0 Å². The van der Waals surface area contributed by atoms with Gasteiger partial charge in [-0.3, -0.25) is 4.99 Å². The number of rotatable bonds is 9. The predicted octanol–water partition coefficient (Wildman–Crippen LogP) is 8.70. The molecule has 3 N–H and O–H groups in total. The van der Waals surface area contributed by atoms with Crippen LogP contribution in [-0.4, -0.2) is 12.4 Å². The van der Waals surface area contributed by atoms with Gasteiger partial charge in [0.15, 0.2) is 0 Å². The van der Waals surface area contributed by atoms with Crippen LogP contribution in [-0.2, 0) is 0 Å². The Bertz CT molecular complexity index is 1660. The van der Waals surface area contributed by atoms with Crippen LogP contribution in [0, 0.1) is 5.41 Å². The van der Waals surface area contributed by atoms with E-state index >= 15 is 0 Å². The average Bonchev–Trinajstić information content (AvgIpc) is 2.97. The molecular formula is C35H31N3. The van der Waals surface area contributed by atoms with Crippen molar-refractivity contribution in [2.75, 3.05) is 0 Å². The van der Waals surface area contributed by atoms with E-state index in [0.717, 1.165) is 22.3 Å². The van der Waals surface area contributed by atoms with E-state index in [1.807, 2.05) is 61.6 Å². The third-order valence-electron chi connectivity index (χ3n) is 6.19. The Kier molecular flexibility index (Phi) is 8.77. The maximum Gasteiger partial charge on any atom is 0.0716 e. The third-order valence-corrected chi connectivity index (χ3v) is 6.19. The first kappa shape index (κ1) is 26.1. The molecule has 0 saturated carbocycles. The van der Waals surface area contributed by atoms with Crippen LogP contribution in [0.25, 0.3) is 32.7 Å². The molecule has 0 aliphatic rings. The molecule has 0 spiro atoms. The maximum absolute atomic E-state index is 8.89. The van der Waals surface area contributed by atoms with E-state index in [0.29, 0.717) is 11.4 Å². The van der Waals surface area contributed by atoms with Gasteiger partial charge in [-0.25, -0.2) is 0 Å². The number of nitrogens with one attached hydrogen (secondary N) is 1. The lowest BCUT2D eigenvalue weighted by Crippen LogP contribution is -1.98. The molecule has 0 bridgehead atoms. The summed E-state index contributed by atoms with van der Waals surface area (Å²) in [7, 11) is 0. The van der Waals surface area contributed by atoms with Crippen LogP contribution in [0.1, 0.15) is 12.5 Å². The van der Waals surface area contributed by atoms with Gasteiger partial charge in [-0.05, 0) is 76.8 Å². The Hall–Kier alpha value is -5.02. The summed E-state index contributed by atoms with van der Waals surface area (Å²) in [5.74, 6) is 0. The molecule has 4 aromatic rings. The second-order valence-corrected chi connectivity index (χ2v) is 8.65. The summed E-state index contributed by atoms with van der Waals surface area (Å²) < 4.78 is 0. The number of fused-ring (bicyclic) bond motifs is 3. The zero-order valence-electron chi connectivity index (χ0n) is 21.5. The minimum Gasteiger partial charge on any atom is -0.405 e. The highest BCUT2D eigenvalue weighted by atomic mass is 14.7. The third kappa shape index (κ3) is 6.03. The molecule has 0 atom stereocenters. The molecule has 0 saturated heterocycles. The molecule has 0 aromatic heterocycles. The van der Waals surface area contributed by atoms with Gasteiger partial charge in [-0.2, -0.15) is 0 Å². The SMILES string of the molecule is C=NC(=C\C(=N)c1cccc(-c2cc3ccccc3c3ccccc23)c1)/C(/C=C/C=C/N)=C/C=C\C=C/C. The van der Waals surface area contributed by atoms with Gasteiger partial charge in [-0.15, -0.1) is 0 Å². The van der Waals surface area contributed by atoms with Crippen LogP contribution in [0.15, 0.2) is 156 Å². The van der Waals surface area contributed by atoms with Crippen molar-refractivity contribution >= 4 is 34.0 Å². The number of nitrogens with two attached hydrogens (primary N) is 1. The normalized spacial score (nSPS) is 13.1. The summed E-state index contributed by atoms with van der Waals surface area (Å²) in [6.45, 7) is 5.73. The molecule has 3 heteroatoms. The van der Waals surface area contributed by atoms with Gasteiger partial charge in [0.25, 0.3) is 0 Å². The second kappa shape index (κ2) is 12.8. The van der Waals surface area contributed by atoms with Crippen molar-refractivity contribution in [1.82, 2.24) is 0 Å². The first-order valence-corrected chi connectivity index (χ1v) is 12.5. The lowest BCUT2D eigenvalue weighted by molar-refractivity contribution is 1.36. The zero-order chi connectivity index (χ0) is 26.7. The molecule has 0 amide bonds. The maximum atomic E-state index is 8.89. The first-order chi connectivity index (χ1) is 18.7. The molecular weight excluding hydrogens is 462 g/mol. The van der Waals surface area contributed by atoms with E-state index in [1.165, 1.54) is 27.7 Å². The van der Waals surface area contributed by atoms with Crippen molar-refractivity contribution < 1.29 is 0 Å². The van der Waals surface area contributed by atoms with Gasteiger partial charge in [0.05, 0.1) is 11.4 Å². The molecule has 0 aliphatic heterocycles. The molecule has 0 unspecified atom stereocenters. The smallest absolute Gasteiger partial charge is 0.0716 e. The first-order valence-electron chi connectivity index (χ1n) is 12.5. The van der Waals surface area contributed by atoms with Crippen molar-refractivity contribution in [3.63, 3.8) is 0 Å². The largest absolute Gasteiger partial charge is 0.405 e. The van der Waals surface area contributed by atoms with E-state index in [9.17, 15) is 0 Å². The van der Waals surface area contributed by atoms with E-state index in [4.69, 9.17) is 11.1 Å². The molecule has 3 nitrogen and oxygen atoms in total. The highest BCUT2D eigenvalue weighted by molar-refractivity contribution is 6.14. The van der Waals surface area contributed by atoms with Crippen molar-refractivity contribution in [1.29, 1.82) is 5.41 Å². The molecule has 4 rings (SSSR count). The monoisotopic (exact) mass is 493 g/mol. The van der Waals surface area contributed by atoms with Crippen LogP contribution in [0.3, 0.4) is 0 Å². The Morgan fingerprint density at radius 3 is 2.34 bits per heavy atom. The van der Waals surface area contributed by atoms with Gasteiger partial charge in [-0.1, -0.05) is 109 Å². The van der Waals surface area contributed by atoms with Crippen LogP contribution >= 0.6 is 0 Å². The molecule has 0 heterocycles. The van der Waals surface area contributed by atoms with Crippen molar-refractivity contribution in [3.05, 3.63) is 157 Å². The number of hydrogen-bond donors (Lipinski definition) is 2. The quantitative estimate of drug-likeness (QED) is 0.137. The molecule has 0 radical (unpaired) electrons. The highest BCUT2D eigenvalue weighted by Crippen LogP contribution is 2.35. The molecule has 0 aliphatic carbocycles. The number of nitrogens with zero attached hydrogens (tertiary/aromatic N) is 1. The summed E-state index contributed by atoms with van der Waals surface area (Å²) >= 11 is 0. The zero-order valence-corrected chi connectivity index (χ0v) is 21.5. The summed E-state index contributed by atoms with van der Waals surface area (Å²) in [6.07, 6.45) is 18.4. The summed E-state index contributed by atoms with van der Waals surface area (Å²) in [5.41, 5.74) is 10.3. The summed E-state index contributed by atoms with van der Waals surface area (Å²) in [5, 5.41) is 13.7. The highest BCUT2D eigenvalue weighted by Gasteiger charge is 2.10. The molecule has 4 aromatic carbocycles. The fourth-order valence-electron chi connectivity index (χ4n) is 4.37. The van der Waals surface area contributed by atoms with Crippen molar-refractivity contribution in [2.45, 2.75) is 6.92 Å². The number of benzene rings is 4. The number of hydrogen-bond acceptors (Lipinski definition) is 3. The van der Waals surface area contributed by atoms with Gasteiger partial charge in [0, 0.05) is 11.1 Å². The standard InChI is InChI=1S/C35H31N3/c1-3-4-5-6-14-26(15-11-12-22-36)35(38-2)25-34(37)29-18-13-17-27(23-29)33-24-28-16-7-8-19-30(28)31-20-9-10-21-32(31)33/h3-25,37H,2,36H2,1H3/b4-3-,6-5-,15-11+,22-12+,26-14+,35-25-,37-34?. The Morgan fingerprint density at radius 1 is 0.816 bits per heavy atom. The fourth-order valence-corrected chi connectivity index (χ4v) is 4.37. The van der Waals surface area contributed by atoms with E-state index in [1.54, 1.807) is 12.2 Å². The molecule has 0 fully saturated rings. The van der Waals surface area contributed by atoms with Crippen LogP contribution in [0.5, 0.6) is 0 Å². The van der Waals surface area contributed by atoms with Crippen LogP contribution < -0.4 is 5.73 Å². The summed E-state index contributed by atoms with van der Waals surface area (Å²) in [6, 6.07) is 27.3. The van der Waals surface area contributed by atoms with Crippen LogP contribution in [0.2, 0.25) is 0 Å². The topological polar surface area (TPSA) is 62.2 Å². The Labute approximate surface area is 224 Å². The minimum atomic E-state index is 0.352. The van der Waals surface area contributed by atoms with E-state index in [2.05, 4.69) is 78.4 Å². The number of aliphatic imine (C=N–C) groups is 1. The van der Waals surface area contributed by atoms with Crippen LogP contribution in [0.4, 0.5) is 0 Å². The number of allylic oxidation sites excluding steroid dienone is 9. The van der Waals surface area contributed by atoms with Gasteiger partial charge >= 0.3 is 0 Å². The Morgan fingerprint density at radius 2 is 1.58 bits per heavy atom. The molecule has 186 valence electrons. The predicted molar refractivity (Wildman–Crippen MR) is 166 cm³/mol. The lowest BCUT2D eigenvalue weighted by atomic mass is 9.92. The van der Waals surface area contributed by atoms with Crippen molar-refractivity contribution in [3.8, 4) is 11.1 Å². The molecule has 38 heavy (non-hydrogen) atoms. The summed E-state index contributed by atoms with van der Waals surface area (Å²) in [4.78, 5) is 4.23.